The average molecular weight is 607 g/mol. The van der Waals surface area contributed by atoms with Crippen LogP contribution in [0.2, 0.25) is 0 Å². The van der Waals surface area contributed by atoms with Crippen LogP contribution in [0.1, 0.15) is 135 Å². The standard InChI is InChI=1S/C38H58N2O2S/c1-6-8-9-10-11-12-13-14-15-16-17-18-26-42-36-24-21-33(28-35(36)38(3,4)5)30-40(37(41)7-2)34-22-19-32(20-23-34)29-39-25-27-43-31-39/h19-25,27-28H,6-18,26,29-31H2,1-5H3. The van der Waals surface area contributed by atoms with Crippen LogP contribution in [0, 0.1) is 0 Å². The lowest BCUT2D eigenvalue weighted by atomic mass is 9.85. The molecular formula is C38H58N2O2S. The third-order valence-electron chi connectivity index (χ3n) is 8.29. The number of hydrogen-bond donors (Lipinski definition) is 0. The normalized spacial score (nSPS) is 13.1. The van der Waals surface area contributed by atoms with Crippen LogP contribution >= 0.6 is 11.8 Å². The van der Waals surface area contributed by atoms with Gasteiger partial charge in [-0.3, -0.25) is 4.79 Å². The van der Waals surface area contributed by atoms with Crippen molar-refractivity contribution in [2.24, 2.45) is 0 Å². The van der Waals surface area contributed by atoms with Crippen LogP contribution < -0.4 is 9.64 Å². The zero-order valence-electron chi connectivity index (χ0n) is 27.8. The monoisotopic (exact) mass is 606 g/mol. The Morgan fingerprint density at radius 1 is 0.837 bits per heavy atom. The van der Waals surface area contributed by atoms with Gasteiger partial charge < -0.3 is 14.5 Å². The highest BCUT2D eigenvalue weighted by Crippen LogP contribution is 2.33. The number of rotatable bonds is 20. The first-order valence-electron chi connectivity index (χ1n) is 17.0. The second-order valence-electron chi connectivity index (χ2n) is 13.1. The summed E-state index contributed by atoms with van der Waals surface area (Å²) in [5.41, 5.74) is 4.49. The van der Waals surface area contributed by atoms with Gasteiger partial charge in [0.1, 0.15) is 5.75 Å². The first kappa shape index (κ1) is 35.1. The summed E-state index contributed by atoms with van der Waals surface area (Å²) in [6.07, 6.45) is 18.8. The Bertz CT molecular complexity index is 1110. The van der Waals surface area contributed by atoms with Gasteiger partial charge in [-0.15, -0.1) is 11.8 Å². The second-order valence-corrected chi connectivity index (χ2v) is 14.0. The topological polar surface area (TPSA) is 32.8 Å². The number of carbonyl (C=O) groups is 1. The Balaban J connectivity index is 1.50. The predicted molar refractivity (Wildman–Crippen MR) is 187 cm³/mol. The Morgan fingerprint density at radius 2 is 1.44 bits per heavy atom. The number of benzene rings is 2. The SMILES string of the molecule is CCCCCCCCCCCCCCOc1ccc(CN(C(=O)CC)c2ccc(CN3C=CSC3)cc2)cc1C(C)(C)C. The summed E-state index contributed by atoms with van der Waals surface area (Å²) in [5.74, 6) is 2.11. The van der Waals surface area contributed by atoms with E-state index in [-0.39, 0.29) is 11.3 Å². The maximum absolute atomic E-state index is 13.1. The molecule has 4 nitrogen and oxygen atoms in total. The highest BCUT2D eigenvalue weighted by molar-refractivity contribution is 8.02. The van der Waals surface area contributed by atoms with Gasteiger partial charge in [-0.25, -0.2) is 0 Å². The maximum atomic E-state index is 13.1. The van der Waals surface area contributed by atoms with Crippen LogP contribution in [-0.4, -0.2) is 23.3 Å². The van der Waals surface area contributed by atoms with Crippen molar-refractivity contribution in [2.75, 3.05) is 17.4 Å². The summed E-state index contributed by atoms with van der Waals surface area (Å²) in [4.78, 5) is 17.3. The van der Waals surface area contributed by atoms with E-state index in [4.69, 9.17) is 4.74 Å². The van der Waals surface area contributed by atoms with E-state index in [0.29, 0.717) is 13.0 Å². The molecule has 0 saturated carbocycles. The predicted octanol–water partition coefficient (Wildman–Crippen LogP) is 11.0. The fourth-order valence-corrected chi connectivity index (χ4v) is 6.35. The van der Waals surface area contributed by atoms with Gasteiger partial charge in [-0.1, -0.05) is 123 Å². The maximum Gasteiger partial charge on any atom is 0.227 e. The van der Waals surface area contributed by atoms with E-state index >= 15 is 0 Å². The third kappa shape index (κ3) is 12.6. The minimum Gasteiger partial charge on any atom is -0.493 e. The summed E-state index contributed by atoms with van der Waals surface area (Å²) in [6, 6.07) is 15.0. The average Bonchev–Trinajstić information content (AvgIpc) is 3.51. The lowest BCUT2D eigenvalue weighted by Gasteiger charge is -2.27. The zero-order chi connectivity index (χ0) is 30.9. The molecule has 0 saturated heterocycles. The minimum atomic E-state index is -0.0502. The molecule has 3 rings (SSSR count). The van der Waals surface area contributed by atoms with Crippen molar-refractivity contribution in [3.8, 4) is 5.75 Å². The molecule has 0 spiro atoms. The molecule has 0 N–H and O–H groups in total. The van der Waals surface area contributed by atoms with Gasteiger partial charge in [0, 0.05) is 24.9 Å². The van der Waals surface area contributed by atoms with Crippen molar-refractivity contribution in [3.63, 3.8) is 0 Å². The van der Waals surface area contributed by atoms with E-state index in [2.05, 4.69) is 86.7 Å². The molecule has 0 fully saturated rings. The molecule has 1 aliphatic rings. The third-order valence-corrected chi connectivity index (χ3v) is 9.09. The van der Waals surface area contributed by atoms with Crippen molar-refractivity contribution < 1.29 is 9.53 Å². The van der Waals surface area contributed by atoms with E-state index in [0.717, 1.165) is 42.4 Å². The molecule has 0 radical (unpaired) electrons. The lowest BCUT2D eigenvalue weighted by molar-refractivity contribution is -0.118. The number of carbonyl (C=O) groups excluding carboxylic acids is 1. The highest BCUT2D eigenvalue weighted by atomic mass is 32.2. The van der Waals surface area contributed by atoms with Crippen molar-refractivity contribution in [1.82, 2.24) is 4.90 Å². The van der Waals surface area contributed by atoms with Crippen LogP contribution in [-0.2, 0) is 23.3 Å². The summed E-state index contributed by atoms with van der Waals surface area (Å²) < 4.78 is 6.35. The van der Waals surface area contributed by atoms with E-state index in [9.17, 15) is 4.79 Å². The Hall–Kier alpha value is -2.40. The molecule has 1 heterocycles. The van der Waals surface area contributed by atoms with Gasteiger partial charge in [0.25, 0.3) is 0 Å². The lowest BCUT2D eigenvalue weighted by Crippen LogP contribution is -2.30. The van der Waals surface area contributed by atoms with Crippen LogP contribution in [0.5, 0.6) is 5.75 Å². The number of nitrogens with zero attached hydrogens (tertiary/aromatic N) is 2. The molecule has 0 bridgehead atoms. The van der Waals surface area contributed by atoms with Crippen molar-refractivity contribution in [3.05, 3.63) is 70.8 Å². The van der Waals surface area contributed by atoms with Crippen LogP contribution in [0.15, 0.2) is 54.1 Å². The molecule has 43 heavy (non-hydrogen) atoms. The van der Waals surface area contributed by atoms with Crippen LogP contribution in [0.25, 0.3) is 0 Å². The molecule has 2 aromatic rings. The minimum absolute atomic E-state index is 0.0502. The summed E-state index contributed by atoms with van der Waals surface area (Å²) in [6.45, 7) is 13.2. The number of unbranched alkanes of at least 4 members (excludes halogenated alkanes) is 11. The molecule has 0 unspecified atom stereocenters. The Labute approximate surface area is 267 Å². The van der Waals surface area contributed by atoms with E-state index in [1.54, 1.807) is 0 Å². The van der Waals surface area contributed by atoms with E-state index in [1.165, 1.54) is 81.8 Å². The smallest absolute Gasteiger partial charge is 0.227 e. The fourth-order valence-electron chi connectivity index (χ4n) is 5.63. The van der Waals surface area contributed by atoms with Gasteiger partial charge in [-0.05, 0) is 58.2 Å². The van der Waals surface area contributed by atoms with Gasteiger partial charge in [0.15, 0.2) is 0 Å². The first-order chi connectivity index (χ1) is 20.8. The van der Waals surface area contributed by atoms with Gasteiger partial charge in [-0.2, -0.15) is 0 Å². The van der Waals surface area contributed by atoms with Gasteiger partial charge in [0.2, 0.25) is 5.91 Å². The van der Waals surface area contributed by atoms with Crippen molar-refractivity contribution >= 4 is 23.4 Å². The van der Waals surface area contributed by atoms with Crippen molar-refractivity contribution in [1.29, 1.82) is 0 Å². The van der Waals surface area contributed by atoms with Gasteiger partial charge in [0.05, 0.1) is 19.0 Å². The Morgan fingerprint density at radius 3 is 2.00 bits per heavy atom. The Kier molecular flexibility index (Phi) is 15.6. The highest BCUT2D eigenvalue weighted by Gasteiger charge is 2.22. The molecule has 5 heteroatoms. The van der Waals surface area contributed by atoms with Crippen LogP contribution in [0.3, 0.4) is 0 Å². The number of thioether (sulfide) groups is 1. The molecule has 0 aliphatic carbocycles. The van der Waals surface area contributed by atoms with Crippen molar-refractivity contribution in [2.45, 2.75) is 137 Å². The number of amides is 1. The first-order valence-corrected chi connectivity index (χ1v) is 18.0. The van der Waals surface area contributed by atoms with E-state index in [1.807, 2.05) is 23.6 Å². The molecule has 0 atom stereocenters. The number of ether oxygens (including phenoxy) is 1. The summed E-state index contributed by atoms with van der Waals surface area (Å²) in [7, 11) is 0. The quantitative estimate of drug-likeness (QED) is 0.140. The molecular weight excluding hydrogens is 548 g/mol. The van der Waals surface area contributed by atoms with Crippen LogP contribution in [0.4, 0.5) is 5.69 Å². The zero-order valence-corrected chi connectivity index (χ0v) is 28.7. The van der Waals surface area contributed by atoms with Gasteiger partial charge >= 0.3 is 0 Å². The molecule has 238 valence electrons. The second kappa shape index (κ2) is 19.1. The number of hydrogen-bond acceptors (Lipinski definition) is 4. The molecule has 1 amide bonds. The molecule has 2 aromatic carbocycles. The molecule has 0 aromatic heterocycles. The summed E-state index contributed by atoms with van der Waals surface area (Å²) in [5, 5.41) is 2.14. The largest absolute Gasteiger partial charge is 0.493 e. The van der Waals surface area contributed by atoms with E-state index < -0.39 is 0 Å². The fraction of sp³-hybridized carbons (Fsp3) is 0.605. The number of anilines is 1. The molecule has 1 aliphatic heterocycles. The summed E-state index contributed by atoms with van der Waals surface area (Å²) >= 11 is 1.82.